The van der Waals surface area contributed by atoms with Crippen molar-refractivity contribution in [1.29, 1.82) is 0 Å². The minimum atomic E-state index is -0.119. The van der Waals surface area contributed by atoms with Gasteiger partial charge < -0.3 is 0 Å². The largest absolute Gasteiger partial charge is 0.265 e. The Morgan fingerprint density at radius 1 is 0.487 bits per heavy atom. The van der Waals surface area contributed by atoms with Crippen LogP contribution in [0.15, 0.2) is 116 Å². The first kappa shape index (κ1) is 22.1. The molecule has 0 atom stereocenters. The van der Waals surface area contributed by atoms with Gasteiger partial charge in [0.15, 0.2) is 0 Å². The van der Waals surface area contributed by atoms with Crippen LogP contribution in [0.5, 0.6) is 0 Å². The zero-order valence-electron chi connectivity index (χ0n) is 21.8. The van der Waals surface area contributed by atoms with Crippen LogP contribution in [-0.2, 0) is 5.41 Å². The molecule has 1 aliphatic carbocycles. The first-order chi connectivity index (χ1) is 19.1. The first-order valence-corrected chi connectivity index (χ1v) is 13.4. The molecule has 2 aromatic heterocycles. The number of fused-ring (bicyclic) bond motifs is 7. The van der Waals surface area contributed by atoms with Crippen LogP contribution in [0.4, 0.5) is 0 Å². The van der Waals surface area contributed by atoms with Crippen LogP contribution in [0, 0.1) is 0 Å². The van der Waals surface area contributed by atoms with Gasteiger partial charge >= 0.3 is 0 Å². The zero-order valence-corrected chi connectivity index (χ0v) is 21.8. The van der Waals surface area contributed by atoms with E-state index in [1.165, 1.54) is 49.9 Å². The van der Waals surface area contributed by atoms with Gasteiger partial charge in [-0.15, -0.1) is 0 Å². The van der Waals surface area contributed by atoms with E-state index in [1.807, 2.05) is 36.7 Å². The van der Waals surface area contributed by atoms with Crippen LogP contribution >= 0.6 is 0 Å². The lowest BCUT2D eigenvalue weighted by molar-refractivity contribution is 0.661. The van der Waals surface area contributed by atoms with Crippen LogP contribution in [0.3, 0.4) is 0 Å². The average molecular weight is 500 g/mol. The van der Waals surface area contributed by atoms with Crippen LogP contribution < -0.4 is 0 Å². The normalized spacial score (nSPS) is 13.6. The molecule has 8 rings (SSSR count). The number of aromatic nitrogens is 3. The van der Waals surface area contributed by atoms with Crippen LogP contribution in [-0.4, -0.2) is 15.0 Å². The summed E-state index contributed by atoms with van der Waals surface area (Å²) in [7, 11) is 0. The third-order valence-corrected chi connectivity index (χ3v) is 8.35. The lowest BCUT2D eigenvalue weighted by Gasteiger charge is -2.23. The lowest BCUT2D eigenvalue weighted by atomic mass is 9.80. The fourth-order valence-corrected chi connectivity index (χ4v) is 6.32. The highest BCUT2D eigenvalue weighted by Gasteiger charge is 2.36. The molecule has 0 saturated heterocycles. The molecular weight excluding hydrogens is 474 g/mol. The van der Waals surface area contributed by atoms with E-state index in [4.69, 9.17) is 9.97 Å². The summed E-state index contributed by atoms with van der Waals surface area (Å²) in [4.78, 5) is 14.2. The molecule has 2 heterocycles. The second kappa shape index (κ2) is 8.05. The Kier molecular flexibility index (Phi) is 4.57. The van der Waals surface area contributed by atoms with Crippen LogP contribution in [0.1, 0.15) is 25.0 Å². The summed E-state index contributed by atoms with van der Waals surface area (Å²) in [5, 5.41) is 2.33. The number of hydrogen-bond donors (Lipinski definition) is 0. The maximum atomic E-state index is 5.02. The molecule has 0 bridgehead atoms. The van der Waals surface area contributed by atoms with Crippen molar-refractivity contribution in [2.75, 3.05) is 0 Å². The van der Waals surface area contributed by atoms with E-state index in [-0.39, 0.29) is 5.41 Å². The molecule has 0 amide bonds. The van der Waals surface area contributed by atoms with Crippen molar-refractivity contribution >= 4 is 32.8 Å². The molecule has 39 heavy (non-hydrogen) atoms. The molecule has 5 aromatic carbocycles. The van der Waals surface area contributed by atoms with Gasteiger partial charge in [0.25, 0.3) is 0 Å². The minimum Gasteiger partial charge on any atom is -0.265 e. The molecule has 1 aliphatic rings. The average Bonchev–Trinajstić information content (AvgIpc) is 3.21. The summed E-state index contributed by atoms with van der Waals surface area (Å²) in [6, 6.07) is 36.9. The second-order valence-corrected chi connectivity index (χ2v) is 10.9. The molecular formula is C36H25N3. The molecule has 3 heteroatoms. The van der Waals surface area contributed by atoms with Crippen molar-refractivity contribution in [2.45, 2.75) is 19.3 Å². The van der Waals surface area contributed by atoms with Gasteiger partial charge in [0.05, 0.1) is 22.1 Å². The van der Waals surface area contributed by atoms with Gasteiger partial charge in [-0.2, -0.15) is 0 Å². The summed E-state index contributed by atoms with van der Waals surface area (Å²) in [6.45, 7) is 4.68. The molecule has 0 radical (unpaired) electrons. The molecule has 0 unspecified atom stereocenters. The summed E-state index contributed by atoms with van der Waals surface area (Å²) in [5.41, 5.74) is 13.8. The Balaban J connectivity index is 1.32. The van der Waals surface area contributed by atoms with Crippen molar-refractivity contribution in [3.05, 3.63) is 127 Å². The van der Waals surface area contributed by atoms with Gasteiger partial charge in [-0.1, -0.05) is 74.5 Å². The third kappa shape index (κ3) is 3.26. The van der Waals surface area contributed by atoms with E-state index < -0.39 is 0 Å². The Bertz CT molecular complexity index is 2090. The van der Waals surface area contributed by atoms with Gasteiger partial charge in [0.1, 0.15) is 0 Å². The fourth-order valence-electron chi connectivity index (χ4n) is 6.32. The molecule has 184 valence electrons. The van der Waals surface area contributed by atoms with E-state index >= 15 is 0 Å². The van der Waals surface area contributed by atoms with Gasteiger partial charge in [-0.05, 0) is 92.4 Å². The van der Waals surface area contributed by atoms with Crippen molar-refractivity contribution in [3.8, 4) is 33.4 Å². The maximum absolute atomic E-state index is 5.02. The van der Waals surface area contributed by atoms with Crippen molar-refractivity contribution in [2.24, 2.45) is 0 Å². The van der Waals surface area contributed by atoms with Crippen molar-refractivity contribution in [3.63, 3.8) is 0 Å². The SMILES string of the molecule is CC1(C)c2cc(-c3ccncc3)ccc2-c2ccc(-c3cc4nc5ccccc5nc4c4ccccc34)cc21. The van der Waals surface area contributed by atoms with Gasteiger partial charge in [0.2, 0.25) is 0 Å². The summed E-state index contributed by atoms with van der Waals surface area (Å²) >= 11 is 0. The first-order valence-electron chi connectivity index (χ1n) is 13.4. The highest BCUT2D eigenvalue weighted by molar-refractivity contribution is 6.12. The van der Waals surface area contributed by atoms with Gasteiger partial charge in [-0.3, -0.25) is 4.98 Å². The molecule has 0 saturated carbocycles. The molecule has 0 spiro atoms. The number of nitrogens with zero attached hydrogens (tertiary/aromatic N) is 3. The lowest BCUT2D eigenvalue weighted by Crippen LogP contribution is -2.15. The van der Waals surface area contributed by atoms with E-state index in [1.54, 1.807) is 0 Å². The van der Waals surface area contributed by atoms with Crippen LogP contribution in [0.2, 0.25) is 0 Å². The Morgan fingerprint density at radius 3 is 1.85 bits per heavy atom. The predicted octanol–water partition coefficient (Wildman–Crippen LogP) is 8.97. The topological polar surface area (TPSA) is 38.7 Å². The summed E-state index contributed by atoms with van der Waals surface area (Å²) in [5.74, 6) is 0. The Labute approximate surface area is 226 Å². The van der Waals surface area contributed by atoms with E-state index in [0.717, 1.165) is 27.5 Å². The smallest absolute Gasteiger partial charge is 0.0973 e. The number of pyridine rings is 1. The number of benzene rings is 5. The second-order valence-electron chi connectivity index (χ2n) is 10.9. The zero-order chi connectivity index (χ0) is 26.1. The fraction of sp³-hybridized carbons (Fsp3) is 0.0833. The number of rotatable bonds is 2. The number of hydrogen-bond acceptors (Lipinski definition) is 3. The molecule has 0 fully saturated rings. The molecule has 7 aromatic rings. The van der Waals surface area contributed by atoms with Gasteiger partial charge in [0, 0.05) is 23.2 Å². The van der Waals surface area contributed by atoms with E-state index in [9.17, 15) is 0 Å². The van der Waals surface area contributed by atoms with Crippen molar-refractivity contribution < 1.29 is 0 Å². The summed E-state index contributed by atoms with van der Waals surface area (Å²) < 4.78 is 0. The van der Waals surface area contributed by atoms with E-state index in [2.05, 4.69) is 97.7 Å². The Hall–Kier alpha value is -4.89. The minimum absolute atomic E-state index is 0.119. The predicted molar refractivity (Wildman–Crippen MR) is 161 cm³/mol. The standard InChI is InChI=1S/C36H25N3/c1-36(2)30-19-23(22-15-17-37-18-16-22)11-13-26(30)27-14-12-24(20-31(27)36)29-21-34-35(28-8-4-3-7-25(28)29)39-33-10-6-5-9-32(33)38-34/h3-21H,1-2H3. The third-order valence-electron chi connectivity index (χ3n) is 8.35. The number of para-hydroxylation sites is 2. The molecule has 0 N–H and O–H groups in total. The quantitative estimate of drug-likeness (QED) is 0.176. The highest BCUT2D eigenvalue weighted by Crippen LogP contribution is 2.51. The van der Waals surface area contributed by atoms with Crippen molar-refractivity contribution in [1.82, 2.24) is 15.0 Å². The maximum Gasteiger partial charge on any atom is 0.0973 e. The highest BCUT2D eigenvalue weighted by atomic mass is 14.8. The van der Waals surface area contributed by atoms with Crippen LogP contribution in [0.25, 0.3) is 66.2 Å². The summed E-state index contributed by atoms with van der Waals surface area (Å²) in [6.07, 6.45) is 3.71. The van der Waals surface area contributed by atoms with E-state index in [0.29, 0.717) is 0 Å². The molecule has 0 aliphatic heterocycles. The monoisotopic (exact) mass is 499 g/mol. The molecule has 3 nitrogen and oxygen atoms in total. The van der Waals surface area contributed by atoms with Gasteiger partial charge in [-0.25, -0.2) is 9.97 Å². The Morgan fingerprint density at radius 2 is 1.10 bits per heavy atom.